The van der Waals surface area contributed by atoms with Gasteiger partial charge in [-0.25, -0.2) is 0 Å². The fourth-order valence-corrected chi connectivity index (χ4v) is 3.46. The van der Waals surface area contributed by atoms with E-state index in [4.69, 9.17) is 0 Å². The molecule has 2 heterocycles. The van der Waals surface area contributed by atoms with Crippen molar-refractivity contribution in [2.45, 2.75) is 6.92 Å². The Balaban J connectivity index is 1.71. The first-order valence-corrected chi connectivity index (χ1v) is 8.73. The van der Waals surface area contributed by atoms with Crippen LogP contribution in [0, 0.1) is 6.92 Å². The molecule has 0 N–H and O–H groups in total. The third-order valence-electron chi connectivity index (χ3n) is 3.90. The molecule has 5 heteroatoms. The third kappa shape index (κ3) is 3.02. The molecule has 2 aromatic heterocycles. The number of hydrogen-bond donors (Lipinski definition) is 0. The zero-order valence-electron chi connectivity index (χ0n) is 13.6. The van der Waals surface area contributed by atoms with Crippen molar-refractivity contribution in [1.82, 2.24) is 14.6 Å². The van der Waals surface area contributed by atoms with E-state index in [1.54, 1.807) is 0 Å². The van der Waals surface area contributed by atoms with Gasteiger partial charge in [0.25, 0.3) is 5.56 Å². The van der Waals surface area contributed by atoms with Crippen molar-refractivity contribution >= 4 is 28.4 Å². The van der Waals surface area contributed by atoms with Crippen molar-refractivity contribution in [1.29, 1.82) is 0 Å². The van der Waals surface area contributed by atoms with Crippen molar-refractivity contribution in [3.8, 4) is 11.4 Å². The first-order chi connectivity index (χ1) is 12.2. The molecule has 0 saturated carbocycles. The van der Waals surface area contributed by atoms with E-state index in [-0.39, 0.29) is 5.56 Å². The fourth-order valence-electron chi connectivity index (χ4n) is 2.60. The average Bonchev–Trinajstić information content (AvgIpc) is 3.16. The summed E-state index contributed by atoms with van der Waals surface area (Å²) in [7, 11) is 0. The average molecular weight is 345 g/mol. The molecular weight excluding hydrogens is 330 g/mol. The van der Waals surface area contributed by atoms with Gasteiger partial charge in [0.15, 0.2) is 5.82 Å². The van der Waals surface area contributed by atoms with Gasteiger partial charge in [-0.15, -0.1) is 5.10 Å². The molecule has 0 radical (unpaired) electrons. The molecule has 4 aromatic rings. The Bertz CT molecular complexity index is 1170. The van der Waals surface area contributed by atoms with Gasteiger partial charge in [-0.1, -0.05) is 78.1 Å². The van der Waals surface area contributed by atoms with Gasteiger partial charge in [0.2, 0.25) is 4.96 Å². The van der Waals surface area contributed by atoms with E-state index < -0.39 is 0 Å². The number of benzene rings is 2. The number of aryl methyl sites for hydroxylation is 1. The van der Waals surface area contributed by atoms with E-state index in [0.717, 1.165) is 16.7 Å². The van der Waals surface area contributed by atoms with Crippen LogP contribution in [-0.2, 0) is 0 Å². The Hall–Kier alpha value is -3.05. The smallest absolute Gasteiger partial charge is 0.266 e. The zero-order valence-corrected chi connectivity index (χ0v) is 14.4. The number of fused-ring (bicyclic) bond motifs is 1. The maximum absolute atomic E-state index is 12.5. The van der Waals surface area contributed by atoms with Crippen LogP contribution in [0.5, 0.6) is 0 Å². The van der Waals surface area contributed by atoms with Crippen LogP contribution in [0.4, 0.5) is 0 Å². The van der Waals surface area contributed by atoms with Gasteiger partial charge in [0, 0.05) is 5.56 Å². The molecule has 122 valence electrons. The number of rotatable bonds is 3. The van der Waals surface area contributed by atoms with Crippen LogP contribution in [0.3, 0.4) is 0 Å². The first-order valence-electron chi connectivity index (χ1n) is 7.91. The van der Waals surface area contributed by atoms with Gasteiger partial charge >= 0.3 is 0 Å². The van der Waals surface area contributed by atoms with Gasteiger partial charge in [0.1, 0.15) is 0 Å². The lowest BCUT2D eigenvalue weighted by atomic mass is 10.1. The van der Waals surface area contributed by atoms with Crippen molar-refractivity contribution in [2.24, 2.45) is 0 Å². The Morgan fingerprint density at radius 2 is 1.80 bits per heavy atom. The highest BCUT2D eigenvalue weighted by molar-refractivity contribution is 7.15. The highest BCUT2D eigenvalue weighted by Crippen LogP contribution is 2.20. The van der Waals surface area contributed by atoms with E-state index >= 15 is 0 Å². The third-order valence-corrected chi connectivity index (χ3v) is 4.88. The highest BCUT2D eigenvalue weighted by atomic mass is 32.1. The summed E-state index contributed by atoms with van der Waals surface area (Å²) in [5.74, 6) is 0.591. The number of nitrogens with zero attached hydrogens (tertiary/aromatic N) is 3. The lowest BCUT2D eigenvalue weighted by Crippen LogP contribution is -2.23. The summed E-state index contributed by atoms with van der Waals surface area (Å²) < 4.78 is 2.01. The SMILES string of the molecule is Cc1ccccc1-c1nc2s/c(=C\C=C\c3ccccc3)c(=O)n2n1. The summed E-state index contributed by atoms with van der Waals surface area (Å²) in [5, 5.41) is 4.39. The molecule has 0 unspecified atom stereocenters. The summed E-state index contributed by atoms with van der Waals surface area (Å²) in [5.41, 5.74) is 3.00. The monoisotopic (exact) mass is 345 g/mol. The van der Waals surface area contributed by atoms with Crippen molar-refractivity contribution < 1.29 is 0 Å². The van der Waals surface area contributed by atoms with Crippen molar-refractivity contribution in [2.75, 3.05) is 0 Å². The zero-order chi connectivity index (χ0) is 17.2. The molecule has 0 amide bonds. The molecule has 4 nitrogen and oxygen atoms in total. The molecule has 0 fully saturated rings. The lowest BCUT2D eigenvalue weighted by Gasteiger charge is -1.98. The van der Waals surface area contributed by atoms with Crippen molar-refractivity contribution in [3.63, 3.8) is 0 Å². The number of thiazole rings is 1. The van der Waals surface area contributed by atoms with Crippen LogP contribution in [0.25, 0.3) is 28.5 Å². The van der Waals surface area contributed by atoms with Crippen LogP contribution in [0.2, 0.25) is 0 Å². The quantitative estimate of drug-likeness (QED) is 0.572. The second-order valence-corrected chi connectivity index (χ2v) is 6.66. The number of allylic oxidation sites excluding steroid dienone is 1. The first kappa shape index (κ1) is 15.5. The van der Waals surface area contributed by atoms with Gasteiger partial charge in [-0.05, 0) is 24.1 Å². The summed E-state index contributed by atoms with van der Waals surface area (Å²) in [6.07, 6.45) is 5.65. The minimum Gasteiger partial charge on any atom is -0.266 e. The molecule has 2 aromatic carbocycles. The largest absolute Gasteiger partial charge is 0.291 e. The van der Waals surface area contributed by atoms with E-state index in [9.17, 15) is 4.79 Å². The predicted octanol–water partition coefficient (Wildman–Crippen LogP) is 3.34. The molecule has 0 bridgehead atoms. The molecule has 4 rings (SSSR count). The second kappa shape index (κ2) is 6.45. The molecule has 0 aliphatic rings. The molecule has 0 atom stereocenters. The van der Waals surface area contributed by atoms with Crippen LogP contribution in [0.1, 0.15) is 11.1 Å². The van der Waals surface area contributed by atoms with E-state index in [1.165, 1.54) is 15.9 Å². The van der Waals surface area contributed by atoms with Gasteiger partial charge in [-0.2, -0.15) is 9.50 Å². The normalized spacial score (nSPS) is 12.4. The Morgan fingerprint density at radius 1 is 1.04 bits per heavy atom. The second-order valence-electron chi connectivity index (χ2n) is 5.65. The molecule has 25 heavy (non-hydrogen) atoms. The van der Waals surface area contributed by atoms with Crippen LogP contribution in [0.15, 0.2) is 65.5 Å². The van der Waals surface area contributed by atoms with E-state index in [2.05, 4.69) is 10.1 Å². The van der Waals surface area contributed by atoms with E-state index in [0.29, 0.717) is 15.3 Å². The maximum atomic E-state index is 12.5. The topological polar surface area (TPSA) is 47.3 Å². The Kier molecular flexibility index (Phi) is 3.99. The molecule has 0 spiro atoms. The summed E-state index contributed by atoms with van der Waals surface area (Å²) in [6, 6.07) is 17.9. The molecular formula is C20H15N3OS. The summed E-state index contributed by atoms with van der Waals surface area (Å²) in [6.45, 7) is 2.01. The standard InChI is InChI=1S/C20H15N3OS/c1-14-8-5-6-12-16(14)18-21-20-23(22-18)19(24)17(25-20)13-7-11-15-9-3-2-4-10-15/h2-13H,1H3/b11-7+,17-13-. The van der Waals surface area contributed by atoms with Crippen molar-refractivity contribution in [3.05, 3.63) is 86.7 Å². The molecule has 0 aliphatic carbocycles. The Labute approximate surface area is 148 Å². The van der Waals surface area contributed by atoms with Crippen LogP contribution >= 0.6 is 11.3 Å². The molecule has 0 saturated heterocycles. The van der Waals surface area contributed by atoms with Crippen LogP contribution in [-0.4, -0.2) is 14.6 Å². The predicted molar refractivity (Wildman–Crippen MR) is 102 cm³/mol. The minimum atomic E-state index is -0.134. The van der Waals surface area contributed by atoms with Gasteiger partial charge in [-0.3, -0.25) is 4.79 Å². The number of hydrogen-bond acceptors (Lipinski definition) is 4. The van der Waals surface area contributed by atoms with Gasteiger partial charge in [0.05, 0.1) is 4.53 Å². The van der Waals surface area contributed by atoms with Crippen LogP contribution < -0.4 is 10.1 Å². The number of aromatic nitrogens is 3. The van der Waals surface area contributed by atoms with Gasteiger partial charge < -0.3 is 0 Å². The fraction of sp³-hybridized carbons (Fsp3) is 0.0500. The summed E-state index contributed by atoms with van der Waals surface area (Å²) in [4.78, 5) is 17.6. The Morgan fingerprint density at radius 3 is 2.56 bits per heavy atom. The highest BCUT2D eigenvalue weighted by Gasteiger charge is 2.12. The maximum Gasteiger partial charge on any atom is 0.291 e. The lowest BCUT2D eigenvalue weighted by molar-refractivity contribution is 0.936. The minimum absolute atomic E-state index is 0.134. The molecule has 0 aliphatic heterocycles. The summed E-state index contributed by atoms with van der Waals surface area (Å²) >= 11 is 1.35. The van der Waals surface area contributed by atoms with E-state index in [1.807, 2.05) is 79.7 Å².